The van der Waals surface area contributed by atoms with E-state index in [1.54, 1.807) is 22.8 Å². The van der Waals surface area contributed by atoms with Crippen LogP contribution in [0.5, 0.6) is 0 Å². The highest BCUT2D eigenvalue weighted by Crippen LogP contribution is 2.19. The molecule has 0 bridgehead atoms. The van der Waals surface area contributed by atoms with Crippen LogP contribution in [-0.4, -0.2) is 4.57 Å². The molecule has 1 heterocycles. The fourth-order valence-corrected chi connectivity index (χ4v) is 2.63. The number of nitrogens with zero attached hydrogens (tertiary/aromatic N) is 2. The van der Waals surface area contributed by atoms with E-state index in [9.17, 15) is 9.18 Å². The molecule has 2 rings (SSSR count). The molecular weight excluding hydrogens is 291 g/mol. The Morgan fingerprint density at radius 2 is 1.74 bits per heavy atom. The lowest BCUT2D eigenvalue weighted by molar-refractivity contribution is 0.561. The Morgan fingerprint density at radius 1 is 1.04 bits per heavy atom. The number of pyridine rings is 1. The number of benzene rings is 1. The summed E-state index contributed by atoms with van der Waals surface area (Å²) in [5.74, 6) is -0.309. The number of hydrogen-bond donors (Lipinski definition) is 0. The van der Waals surface area contributed by atoms with Gasteiger partial charge in [0, 0.05) is 6.54 Å². The Bertz CT molecular complexity index is 741. The van der Waals surface area contributed by atoms with Crippen molar-refractivity contribution in [3.8, 4) is 17.3 Å². The minimum Gasteiger partial charge on any atom is -0.307 e. The monoisotopic (exact) mass is 312 g/mol. The first-order chi connectivity index (χ1) is 11.2. The van der Waals surface area contributed by atoms with Gasteiger partial charge in [0.15, 0.2) is 0 Å². The molecule has 0 saturated carbocycles. The fourth-order valence-electron chi connectivity index (χ4n) is 2.63. The van der Waals surface area contributed by atoms with Crippen LogP contribution in [0.25, 0.3) is 11.3 Å². The largest absolute Gasteiger partial charge is 0.307 e. The lowest BCUT2D eigenvalue weighted by Crippen LogP contribution is -2.24. The SMILES string of the molecule is CCCCCCCn1c(-c2ccc(F)cc2)ccc(C#N)c1=O. The Kier molecular flexibility index (Phi) is 6.10. The minimum absolute atomic E-state index is 0.143. The average molecular weight is 312 g/mol. The molecule has 1 aromatic heterocycles. The van der Waals surface area contributed by atoms with Crippen molar-refractivity contribution in [1.29, 1.82) is 5.26 Å². The van der Waals surface area contributed by atoms with Crippen LogP contribution >= 0.6 is 0 Å². The Balaban J connectivity index is 2.30. The summed E-state index contributed by atoms with van der Waals surface area (Å²) >= 11 is 0. The second-order valence-electron chi connectivity index (χ2n) is 5.62. The van der Waals surface area contributed by atoms with Gasteiger partial charge in [0.25, 0.3) is 5.56 Å². The summed E-state index contributed by atoms with van der Waals surface area (Å²) in [5, 5.41) is 9.07. The molecule has 0 unspecified atom stereocenters. The Morgan fingerprint density at radius 3 is 2.39 bits per heavy atom. The molecule has 0 atom stereocenters. The predicted molar refractivity (Wildman–Crippen MR) is 89.6 cm³/mol. The molecule has 0 aliphatic heterocycles. The molecule has 0 saturated heterocycles. The summed E-state index contributed by atoms with van der Waals surface area (Å²) in [6, 6.07) is 11.3. The first kappa shape index (κ1) is 17.0. The maximum Gasteiger partial charge on any atom is 0.268 e. The summed E-state index contributed by atoms with van der Waals surface area (Å²) in [5.41, 5.74) is 1.38. The van der Waals surface area contributed by atoms with E-state index in [4.69, 9.17) is 5.26 Å². The van der Waals surface area contributed by atoms with E-state index < -0.39 is 0 Å². The van der Waals surface area contributed by atoms with E-state index in [2.05, 4.69) is 6.92 Å². The van der Waals surface area contributed by atoms with Crippen molar-refractivity contribution in [2.45, 2.75) is 45.6 Å². The fraction of sp³-hybridized carbons (Fsp3) is 0.368. The molecule has 0 aliphatic rings. The first-order valence-corrected chi connectivity index (χ1v) is 8.07. The second-order valence-corrected chi connectivity index (χ2v) is 5.62. The van der Waals surface area contributed by atoms with Crippen molar-refractivity contribution >= 4 is 0 Å². The van der Waals surface area contributed by atoms with Crippen molar-refractivity contribution < 1.29 is 4.39 Å². The summed E-state index contributed by atoms with van der Waals surface area (Å²) in [6.07, 6.45) is 5.46. The van der Waals surface area contributed by atoms with Gasteiger partial charge in [-0.15, -0.1) is 0 Å². The Labute approximate surface area is 136 Å². The number of nitriles is 1. The van der Waals surface area contributed by atoms with Gasteiger partial charge in [-0.3, -0.25) is 4.79 Å². The van der Waals surface area contributed by atoms with Crippen LogP contribution in [0.1, 0.15) is 44.6 Å². The van der Waals surface area contributed by atoms with Gasteiger partial charge in [-0.05, 0) is 48.4 Å². The molecule has 2 aromatic rings. The summed E-state index contributed by atoms with van der Waals surface area (Å²) in [4.78, 5) is 12.4. The molecule has 120 valence electrons. The van der Waals surface area contributed by atoms with Gasteiger partial charge in [0.2, 0.25) is 0 Å². The quantitative estimate of drug-likeness (QED) is 0.707. The van der Waals surface area contributed by atoms with Gasteiger partial charge in [-0.25, -0.2) is 4.39 Å². The van der Waals surface area contributed by atoms with Crippen LogP contribution in [0.15, 0.2) is 41.2 Å². The number of unbranched alkanes of at least 4 members (excludes halogenated alkanes) is 4. The van der Waals surface area contributed by atoms with Gasteiger partial charge in [0.05, 0.1) is 5.69 Å². The molecule has 0 fully saturated rings. The molecule has 4 heteroatoms. The van der Waals surface area contributed by atoms with E-state index in [0.717, 1.165) is 30.5 Å². The molecule has 23 heavy (non-hydrogen) atoms. The van der Waals surface area contributed by atoms with Gasteiger partial charge in [-0.1, -0.05) is 32.6 Å². The van der Waals surface area contributed by atoms with Gasteiger partial charge >= 0.3 is 0 Å². The van der Waals surface area contributed by atoms with Crippen LogP contribution in [0.2, 0.25) is 0 Å². The minimum atomic E-state index is -0.309. The van der Waals surface area contributed by atoms with Crippen LogP contribution in [0, 0.1) is 17.1 Å². The molecule has 1 aromatic carbocycles. The van der Waals surface area contributed by atoms with E-state index >= 15 is 0 Å². The highest BCUT2D eigenvalue weighted by atomic mass is 19.1. The second kappa shape index (κ2) is 8.28. The number of aromatic nitrogens is 1. The molecule has 0 spiro atoms. The summed E-state index contributed by atoms with van der Waals surface area (Å²) < 4.78 is 14.7. The van der Waals surface area contributed by atoms with Crippen molar-refractivity contribution in [2.75, 3.05) is 0 Å². The number of hydrogen-bond acceptors (Lipinski definition) is 2. The Hall–Kier alpha value is -2.41. The molecule has 0 radical (unpaired) electrons. The van der Waals surface area contributed by atoms with E-state index in [1.807, 2.05) is 6.07 Å². The van der Waals surface area contributed by atoms with Crippen molar-refractivity contribution in [3.05, 3.63) is 58.1 Å². The lowest BCUT2D eigenvalue weighted by atomic mass is 10.1. The third-order valence-electron chi connectivity index (χ3n) is 3.92. The zero-order chi connectivity index (χ0) is 16.7. The van der Waals surface area contributed by atoms with Crippen LogP contribution in [-0.2, 0) is 6.54 Å². The smallest absolute Gasteiger partial charge is 0.268 e. The lowest BCUT2D eigenvalue weighted by Gasteiger charge is -2.13. The maximum absolute atomic E-state index is 13.1. The van der Waals surface area contributed by atoms with Gasteiger partial charge < -0.3 is 4.57 Å². The van der Waals surface area contributed by atoms with Crippen molar-refractivity contribution in [2.24, 2.45) is 0 Å². The van der Waals surface area contributed by atoms with Crippen LogP contribution in [0.3, 0.4) is 0 Å². The van der Waals surface area contributed by atoms with E-state index in [1.165, 1.54) is 31.0 Å². The third kappa shape index (κ3) is 4.29. The zero-order valence-corrected chi connectivity index (χ0v) is 13.4. The van der Waals surface area contributed by atoms with E-state index in [-0.39, 0.29) is 16.9 Å². The number of halogens is 1. The molecule has 0 N–H and O–H groups in total. The highest BCUT2D eigenvalue weighted by molar-refractivity contribution is 5.60. The molecule has 3 nitrogen and oxygen atoms in total. The molecular formula is C19H21FN2O. The van der Waals surface area contributed by atoms with Crippen LogP contribution < -0.4 is 5.56 Å². The maximum atomic E-state index is 13.1. The summed E-state index contributed by atoms with van der Waals surface area (Å²) in [6.45, 7) is 2.73. The normalized spacial score (nSPS) is 10.5. The molecule has 0 amide bonds. The number of rotatable bonds is 7. The van der Waals surface area contributed by atoms with E-state index in [0.29, 0.717) is 6.54 Å². The topological polar surface area (TPSA) is 45.8 Å². The van der Waals surface area contributed by atoms with Crippen LogP contribution in [0.4, 0.5) is 4.39 Å². The third-order valence-corrected chi connectivity index (χ3v) is 3.92. The summed E-state index contributed by atoms with van der Waals surface area (Å²) in [7, 11) is 0. The standard InChI is InChI=1S/C19H21FN2O/c1-2-3-4-5-6-13-22-18(12-9-16(14-21)19(22)23)15-7-10-17(20)11-8-15/h7-12H,2-6,13H2,1H3. The highest BCUT2D eigenvalue weighted by Gasteiger charge is 2.10. The average Bonchev–Trinajstić information content (AvgIpc) is 2.56. The first-order valence-electron chi connectivity index (χ1n) is 8.07. The van der Waals surface area contributed by atoms with Crippen molar-refractivity contribution in [3.63, 3.8) is 0 Å². The molecule has 0 aliphatic carbocycles. The predicted octanol–water partition coefficient (Wildman–Crippen LogP) is 4.50. The van der Waals surface area contributed by atoms with Gasteiger partial charge in [-0.2, -0.15) is 5.26 Å². The van der Waals surface area contributed by atoms with Gasteiger partial charge in [0.1, 0.15) is 17.4 Å². The zero-order valence-electron chi connectivity index (χ0n) is 13.4. The van der Waals surface area contributed by atoms with Crippen molar-refractivity contribution in [1.82, 2.24) is 4.57 Å².